The monoisotopic (exact) mass is 509 g/mol. The molecule has 186 valence electrons. The normalized spacial score (nSPS) is 19.9. The van der Waals surface area contributed by atoms with Crippen molar-refractivity contribution in [2.75, 3.05) is 25.7 Å². The zero-order valence-corrected chi connectivity index (χ0v) is 20.4. The molecule has 36 heavy (non-hydrogen) atoms. The molecule has 8 nitrogen and oxygen atoms in total. The molecular weight excluding hydrogens is 485 g/mol. The lowest BCUT2D eigenvalue weighted by atomic mass is 10.0. The van der Waals surface area contributed by atoms with Crippen molar-refractivity contribution in [1.82, 2.24) is 9.97 Å². The Morgan fingerprint density at radius 2 is 1.94 bits per heavy atom. The highest BCUT2D eigenvalue weighted by Crippen LogP contribution is 2.30. The fourth-order valence-corrected chi connectivity index (χ4v) is 4.58. The van der Waals surface area contributed by atoms with Gasteiger partial charge in [0.2, 0.25) is 0 Å². The molecule has 3 N–H and O–H groups in total. The lowest BCUT2D eigenvalue weighted by Crippen LogP contribution is -2.35. The maximum Gasteiger partial charge on any atom is 0.193 e. The smallest absolute Gasteiger partial charge is 0.193 e. The Balaban J connectivity index is 1.36. The number of halogens is 1. The van der Waals surface area contributed by atoms with Crippen molar-refractivity contribution in [3.8, 4) is 28.3 Å². The number of H-pyrrole nitrogens is 1. The number of nitrogens with one attached hydrogen (secondary N) is 1. The Bertz CT molecular complexity index is 1500. The Kier molecular flexibility index (Phi) is 6.40. The van der Waals surface area contributed by atoms with Gasteiger partial charge in [0, 0.05) is 45.5 Å². The molecule has 1 aliphatic rings. The van der Waals surface area contributed by atoms with E-state index in [2.05, 4.69) is 26.5 Å². The van der Waals surface area contributed by atoms with Crippen LogP contribution in [0.1, 0.15) is 0 Å². The second-order valence-electron chi connectivity index (χ2n) is 8.82. The lowest BCUT2D eigenvalue weighted by Gasteiger charge is -2.16. The standard InChI is InChI=1S/C26H24FN3O5S/c1-36(2,33)30-18-9-7-16(8-10-18)15-3-5-17(6-4-15)25-19(27)11-20-21(29-25)12-24(28-20)35-23-14-34-22(13-31)26(23)32/h3-7,9,11-12,22-23,26,28,31-32H,13-14H2,1-2H3/t22-,23-,26+/m1/s1. The minimum absolute atomic E-state index is 0.130. The number of fused-ring (bicyclic) bond motifs is 1. The van der Waals surface area contributed by atoms with Crippen molar-refractivity contribution in [2.45, 2.75) is 18.3 Å². The van der Waals surface area contributed by atoms with E-state index in [1.807, 2.05) is 18.2 Å². The second kappa shape index (κ2) is 9.52. The Morgan fingerprint density at radius 3 is 2.58 bits per heavy atom. The molecule has 0 saturated carbocycles. The summed E-state index contributed by atoms with van der Waals surface area (Å²) in [4.78, 5) is 7.42. The van der Waals surface area contributed by atoms with Gasteiger partial charge in [-0.05, 0) is 23.8 Å². The van der Waals surface area contributed by atoms with Gasteiger partial charge < -0.3 is 24.7 Å². The average molecular weight is 510 g/mol. The summed E-state index contributed by atoms with van der Waals surface area (Å²) >= 11 is 0. The molecule has 3 atom stereocenters. The molecule has 0 unspecified atom stereocenters. The van der Waals surface area contributed by atoms with Crippen LogP contribution in [0.25, 0.3) is 33.4 Å². The molecule has 2 aromatic carbocycles. The van der Waals surface area contributed by atoms with Gasteiger partial charge in [0.05, 0.1) is 24.2 Å². The maximum atomic E-state index is 14.9. The first-order chi connectivity index (χ1) is 17.2. The molecule has 2 aromatic heterocycles. The van der Waals surface area contributed by atoms with E-state index in [9.17, 15) is 18.8 Å². The highest BCUT2D eigenvalue weighted by atomic mass is 32.2. The van der Waals surface area contributed by atoms with Crippen LogP contribution < -0.4 is 4.74 Å². The third-order valence-corrected chi connectivity index (χ3v) is 6.38. The van der Waals surface area contributed by atoms with E-state index in [1.165, 1.54) is 6.07 Å². The van der Waals surface area contributed by atoms with E-state index in [0.717, 1.165) is 11.1 Å². The first-order valence-corrected chi connectivity index (χ1v) is 13.5. The van der Waals surface area contributed by atoms with Gasteiger partial charge in [-0.25, -0.2) is 13.6 Å². The van der Waals surface area contributed by atoms with Crippen molar-refractivity contribution in [2.24, 2.45) is 4.36 Å². The molecule has 10 heteroatoms. The highest BCUT2D eigenvalue weighted by Gasteiger charge is 2.37. The van der Waals surface area contributed by atoms with E-state index in [4.69, 9.17) is 9.47 Å². The van der Waals surface area contributed by atoms with E-state index >= 15 is 0 Å². The number of aliphatic hydroxyl groups excluding tert-OH is 2. The minimum Gasteiger partial charge on any atom is -0.470 e. The number of rotatable bonds is 6. The first kappa shape index (κ1) is 24.2. The van der Waals surface area contributed by atoms with Crippen LogP contribution in [0.4, 0.5) is 10.1 Å². The molecule has 1 saturated heterocycles. The summed E-state index contributed by atoms with van der Waals surface area (Å²) in [5.41, 5.74) is 3.85. The predicted octanol–water partition coefficient (Wildman–Crippen LogP) is 3.49. The largest absolute Gasteiger partial charge is 0.470 e. The third kappa shape index (κ3) is 5.05. The summed E-state index contributed by atoms with van der Waals surface area (Å²) in [6, 6.07) is 19.7. The van der Waals surface area contributed by atoms with Crippen LogP contribution >= 0.6 is 0 Å². The number of pyridine rings is 1. The van der Waals surface area contributed by atoms with E-state index < -0.39 is 33.9 Å². The van der Waals surface area contributed by atoms with Gasteiger partial charge in [-0.15, -0.1) is 0 Å². The van der Waals surface area contributed by atoms with Gasteiger partial charge in [-0.1, -0.05) is 30.3 Å². The fourth-order valence-electron chi connectivity index (χ4n) is 4.00. The molecule has 0 spiro atoms. The van der Waals surface area contributed by atoms with Crippen LogP contribution in [0.3, 0.4) is 0 Å². The third-order valence-electron chi connectivity index (χ3n) is 5.75. The Labute approximate surface area is 207 Å². The molecular formula is C26H24FN3O5S. The number of aromatic nitrogens is 2. The Morgan fingerprint density at radius 1 is 1.19 bits per heavy atom. The zero-order valence-electron chi connectivity index (χ0n) is 19.6. The van der Waals surface area contributed by atoms with Gasteiger partial charge in [-0.2, -0.15) is 4.36 Å². The average Bonchev–Trinajstić information content (AvgIpc) is 3.40. The zero-order chi connectivity index (χ0) is 25.4. The molecule has 1 fully saturated rings. The number of hydrogen-bond acceptors (Lipinski definition) is 7. The quantitative estimate of drug-likeness (QED) is 0.366. The summed E-state index contributed by atoms with van der Waals surface area (Å²) in [6.45, 7) is -0.174. The molecule has 0 amide bonds. The lowest BCUT2D eigenvalue weighted by molar-refractivity contribution is -0.00355. The van der Waals surface area contributed by atoms with Gasteiger partial charge in [0.1, 0.15) is 23.6 Å². The van der Waals surface area contributed by atoms with Crippen LogP contribution in [0.5, 0.6) is 5.88 Å². The number of aromatic amines is 1. The van der Waals surface area contributed by atoms with Crippen LogP contribution in [0, 0.1) is 17.9 Å². The molecule has 4 aromatic rings. The molecule has 0 bridgehead atoms. The van der Waals surface area contributed by atoms with Crippen LogP contribution in [0.15, 0.2) is 52.9 Å². The Hall–Kier alpha value is -3.49. The molecule has 1 aliphatic heterocycles. The van der Waals surface area contributed by atoms with Crippen LogP contribution in [-0.4, -0.2) is 68.4 Å². The van der Waals surface area contributed by atoms with Gasteiger partial charge in [0.25, 0.3) is 0 Å². The minimum atomic E-state index is -2.28. The van der Waals surface area contributed by atoms with Crippen molar-refractivity contribution in [3.05, 3.63) is 66.5 Å². The number of aliphatic hydroxyl groups is 2. The number of hydrogen-bond donors (Lipinski definition) is 3. The fraction of sp³-hybridized carbons (Fsp3) is 0.269. The molecule has 5 rings (SSSR count). The maximum absolute atomic E-state index is 14.9. The van der Waals surface area contributed by atoms with Gasteiger partial charge >= 0.3 is 0 Å². The first-order valence-electron chi connectivity index (χ1n) is 11.2. The summed E-state index contributed by atoms with van der Waals surface area (Å²) < 4.78 is 41.9. The number of nitrogens with zero attached hydrogens (tertiary/aromatic N) is 2. The van der Waals surface area contributed by atoms with Crippen molar-refractivity contribution >= 4 is 26.4 Å². The van der Waals surface area contributed by atoms with Crippen LogP contribution in [0.2, 0.25) is 0 Å². The predicted molar refractivity (Wildman–Crippen MR) is 134 cm³/mol. The molecule has 3 heterocycles. The van der Waals surface area contributed by atoms with Crippen molar-refractivity contribution in [1.29, 1.82) is 0 Å². The van der Waals surface area contributed by atoms with Crippen LogP contribution in [-0.2, 0) is 14.5 Å². The number of ether oxygens (including phenoxy) is 2. The summed E-state index contributed by atoms with van der Waals surface area (Å²) in [5, 5.41) is 19.4. The van der Waals surface area contributed by atoms with Gasteiger partial charge in [-0.3, -0.25) is 0 Å². The van der Waals surface area contributed by atoms with Gasteiger partial charge in [0.15, 0.2) is 17.8 Å². The van der Waals surface area contributed by atoms with E-state index in [1.54, 1.807) is 36.8 Å². The second-order valence-corrected chi connectivity index (χ2v) is 11.4. The molecule has 0 radical (unpaired) electrons. The summed E-state index contributed by atoms with van der Waals surface area (Å²) in [5.74, 6) is -0.179. The highest BCUT2D eigenvalue weighted by molar-refractivity contribution is 7.92. The topological polar surface area (TPSA) is 117 Å². The van der Waals surface area contributed by atoms with E-state index in [0.29, 0.717) is 28.2 Å². The summed E-state index contributed by atoms with van der Waals surface area (Å²) in [7, 11) is -2.28. The van der Waals surface area contributed by atoms with E-state index in [-0.39, 0.29) is 18.9 Å². The number of benzene rings is 1. The van der Waals surface area contributed by atoms with Crippen molar-refractivity contribution in [3.63, 3.8) is 0 Å². The molecule has 0 aliphatic carbocycles. The van der Waals surface area contributed by atoms with Crippen molar-refractivity contribution < 1.29 is 28.3 Å². The summed E-state index contributed by atoms with van der Waals surface area (Å²) in [6.07, 6.45) is 0.791. The SMILES string of the molecule is CS(C)(=O)=Nc1c#cc(-c2ccc(-c3nc4cc(O[C@@H]5CO[C@H](CO)[C@@H]5O)[nH]c4cc3F)cc2)cc1.